The molecule has 0 amide bonds. The summed E-state index contributed by atoms with van der Waals surface area (Å²) >= 11 is 3.46. The molecule has 1 heterocycles. The summed E-state index contributed by atoms with van der Waals surface area (Å²) in [4.78, 5) is 0. The van der Waals surface area contributed by atoms with Crippen molar-refractivity contribution in [2.24, 2.45) is 7.05 Å². The van der Waals surface area contributed by atoms with Crippen LogP contribution in [-0.4, -0.2) is 9.78 Å². The number of aromatic nitrogens is 2. The highest BCUT2D eigenvalue weighted by atomic mass is 79.9. The molecule has 1 aromatic heterocycles. The average molecular weight is 331 g/mol. The van der Waals surface area contributed by atoms with Gasteiger partial charge < -0.3 is 4.74 Å². The Morgan fingerprint density at radius 3 is 2.63 bits per heavy atom. The zero-order valence-electron chi connectivity index (χ0n) is 10.6. The minimum absolute atomic E-state index is 0.231. The second-order valence-electron chi connectivity index (χ2n) is 4.05. The molecule has 0 fully saturated rings. The van der Waals surface area contributed by atoms with Crippen molar-refractivity contribution in [1.82, 2.24) is 9.78 Å². The van der Waals surface area contributed by atoms with Crippen molar-refractivity contribution in [3.05, 3.63) is 45.7 Å². The molecule has 19 heavy (non-hydrogen) atoms. The second-order valence-corrected chi connectivity index (χ2v) is 4.84. The predicted octanol–water partition coefficient (Wildman–Crippen LogP) is 3.60. The maximum Gasteiger partial charge on any atom is 0.162 e. The number of nitrogens with zero attached hydrogens (tertiary/aromatic N) is 2. The summed E-state index contributed by atoms with van der Waals surface area (Å²) in [6, 6.07) is 3.46. The first-order chi connectivity index (χ1) is 9.02. The molecular formula is C13H13BrF2N2O. The maximum atomic E-state index is 13.0. The molecule has 0 saturated carbocycles. The summed E-state index contributed by atoms with van der Waals surface area (Å²) in [7, 11) is 1.81. The van der Waals surface area contributed by atoms with Crippen LogP contribution in [0.4, 0.5) is 8.78 Å². The molecule has 0 N–H and O–H groups in total. The summed E-state index contributed by atoms with van der Waals surface area (Å²) in [5.41, 5.74) is 1.79. The molecule has 0 spiro atoms. The van der Waals surface area contributed by atoms with E-state index in [2.05, 4.69) is 21.0 Å². The van der Waals surface area contributed by atoms with Gasteiger partial charge in [-0.15, -0.1) is 0 Å². The smallest absolute Gasteiger partial charge is 0.162 e. The van der Waals surface area contributed by atoms with Gasteiger partial charge >= 0.3 is 0 Å². The first kappa shape index (κ1) is 14.0. The van der Waals surface area contributed by atoms with E-state index >= 15 is 0 Å². The molecule has 0 unspecified atom stereocenters. The Hall–Kier alpha value is -1.43. The first-order valence-corrected chi connectivity index (χ1v) is 6.60. The van der Waals surface area contributed by atoms with E-state index in [1.54, 1.807) is 4.68 Å². The van der Waals surface area contributed by atoms with E-state index in [0.717, 1.165) is 34.4 Å². The third-order valence-corrected chi connectivity index (χ3v) is 3.68. The molecule has 102 valence electrons. The van der Waals surface area contributed by atoms with Crippen LogP contribution in [0.1, 0.15) is 18.3 Å². The van der Waals surface area contributed by atoms with E-state index in [0.29, 0.717) is 0 Å². The summed E-state index contributed by atoms with van der Waals surface area (Å²) in [6.45, 7) is 2.24. The highest BCUT2D eigenvalue weighted by molar-refractivity contribution is 9.10. The van der Waals surface area contributed by atoms with Crippen LogP contribution in [0.15, 0.2) is 22.7 Å². The average Bonchev–Trinajstić information content (AvgIpc) is 2.66. The van der Waals surface area contributed by atoms with E-state index in [1.165, 1.54) is 6.07 Å². The lowest BCUT2D eigenvalue weighted by Gasteiger charge is -2.07. The van der Waals surface area contributed by atoms with Gasteiger partial charge in [0.05, 0.1) is 15.9 Å². The number of aryl methyl sites for hydroxylation is 2. The lowest BCUT2D eigenvalue weighted by atomic mass is 10.3. The van der Waals surface area contributed by atoms with E-state index in [4.69, 9.17) is 4.74 Å². The topological polar surface area (TPSA) is 27.1 Å². The molecule has 2 aromatic rings. The molecule has 0 aliphatic heterocycles. The molecule has 1 aromatic carbocycles. The van der Waals surface area contributed by atoms with E-state index in [-0.39, 0.29) is 12.4 Å². The Morgan fingerprint density at radius 2 is 2.05 bits per heavy atom. The van der Waals surface area contributed by atoms with Gasteiger partial charge in [-0.3, -0.25) is 4.68 Å². The third kappa shape index (κ3) is 2.94. The molecule has 0 atom stereocenters. The van der Waals surface area contributed by atoms with Gasteiger partial charge in [0.1, 0.15) is 12.4 Å². The molecule has 0 bridgehead atoms. The summed E-state index contributed by atoms with van der Waals surface area (Å²) in [6.07, 6.45) is 0.805. The first-order valence-electron chi connectivity index (χ1n) is 5.81. The van der Waals surface area contributed by atoms with Crippen LogP contribution in [-0.2, 0) is 20.1 Å². The van der Waals surface area contributed by atoms with E-state index < -0.39 is 11.6 Å². The number of hydrogen-bond donors (Lipinski definition) is 0. The highest BCUT2D eigenvalue weighted by Crippen LogP contribution is 2.23. The van der Waals surface area contributed by atoms with Crippen molar-refractivity contribution in [2.45, 2.75) is 20.0 Å². The SMILES string of the molecule is CCc1nn(C)c(COc2ccc(F)c(F)c2)c1Br. The van der Waals surface area contributed by atoms with Gasteiger partial charge in [-0.2, -0.15) is 5.10 Å². The minimum Gasteiger partial charge on any atom is -0.487 e. The summed E-state index contributed by atoms with van der Waals surface area (Å²) < 4.78 is 33.9. The van der Waals surface area contributed by atoms with Gasteiger partial charge in [-0.1, -0.05) is 6.92 Å². The Kier molecular flexibility index (Phi) is 4.19. The molecular weight excluding hydrogens is 318 g/mol. The van der Waals surface area contributed by atoms with Crippen molar-refractivity contribution in [3.8, 4) is 5.75 Å². The van der Waals surface area contributed by atoms with Crippen LogP contribution in [0.25, 0.3) is 0 Å². The standard InChI is InChI=1S/C13H13BrF2N2O/c1-3-11-13(14)12(18(2)17-11)7-19-8-4-5-9(15)10(16)6-8/h4-6H,3,7H2,1-2H3. The maximum absolute atomic E-state index is 13.0. The molecule has 3 nitrogen and oxygen atoms in total. The zero-order valence-corrected chi connectivity index (χ0v) is 12.2. The zero-order chi connectivity index (χ0) is 14.0. The van der Waals surface area contributed by atoms with Crippen molar-refractivity contribution >= 4 is 15.9 Å². The molecule has 0 saturated heterocycles. The van der Waals surface area contributed by atoms with Gasteiger partial charge in [0.25, 0.3) is 0 Å². The molecule has 2 rings (SSSR count). The molecule has 6 heteroatoms. The number of benzene rings is 1. The fourth-order valence-corrected chi connectivity index (χ4v) is 2.43. The lowest BCUT2D eigenvalue weighted by molar-refractivity contribution is 0.291. The summed E-state index contributed by atoms with van der Waals surface area (Å²) in [5.74, 6) is -1.52. The fourth-order valence-electron chi connectivity index (χ4n) is 1.69. The van der Waals surface area contributed by atoms with Gasteiger partial charge in [0.15, 0.2) is 11.6 Å². The van der Waals surface area contributed by atoms with Crippen LogP contribution >= 0.6 is 15.9 Å². The quantitative estimate of drug-likeness (QED) is 0.856. The second kappa shape index (κ2) is 5.69. The molecule has 0 radical (unpaired) electrons. The largest absolute Gasteiger partial charge is 0.487 e. The van der Waals surface area contributed by atoms with Gasteiger partial charge in [0.2, 0.25) is 0 Å². The lowest BCUT2D eigenvalue weighted by Crippen LogP contribution is -2.04. The van der Waals surface area contributed by atoms with Crippen molar-refractivity contribution in [2.75, 3.05) is 0 Å². The molecule has 0 aliphatic carbocycles. The van der Waals surface area contributed by atoms with E-state index in [9.17, 15) is 8.78 Å². The van der Waals surface area contributed by atoms with Crippen LogP contribution in [0, 0.1) is 11.6 Å². The normalized spacial score (nSPS) is 10.8. The van der Waals surface area contributed by atoms with E-state index in [1.807, 2.05) is 14.0 Å². The Morgan fingerprint density at radius 1 is 1.32 bits per heavy atom. The predicted molar refractivity (Wildman–Crippen MR) is 71.0 cm³/mol. The summed E-state index contributed by atoms with van der Waals surface area (Å²) in [5, 5.41) is 4.33. The minimum atomic E-state index is -0.921. The van der Waals surface area contributed by atoms with Gasteiger partial charge in [0, 0.05) is 13.1 Å². The Labute approximate surface area is 118 Å². The monoisotopic (exact) mass is 330 g/mol. The molecule has 0 aliphatic rings. The third-order valence-electron chi connectivity index (χ3n) is 2.77. The van der Waals surface area contributed by atoms with Crippen molar-refractivity contribution in [3.63, 3.8) is 0 Å². The van der Waals surface area contributed by atoms with Gasteiger partial charge in [-0.25, -0.2) is 8.78 Å². The fraction of sp³-hybridized carbons (Fsp3) is 0.308. The van der Waals surface area contributed by atoms with Gasteiger partial charge in [-0.05, 0) is 34.5 Å². The number of halogens is 3. The van der Waals surface area contributed by atoms with Crippen LogP contribution < -0.4 is 4.74 Å². The Balaban J connectivity index is 2.14. The number of hydrogen-bond acceptors (Lipinski definition) is 2. The van der Waals surface area contributed by atoms with Crippen molar-refractivity contribution in [1.29, 1.82) is 0 Å². The number of ether oxygens (including phenoxy) is 1. The van der Waals surface area contributed by atoms with Crippen LogP contribution in [0.2, 0.25) is 0 Å². The Bertz CT molecular complexity index is 599. The highest BCUT2D eigenvalue weighted by Gasteiger charge is 2.13. The van der Waals surface area contributed by atoms with Crippen LogP contribution in [0.5, 0.6) is 5.75 Å². The van der Waals surface area contributed by atoms with Crippen molar-refractivity contribution < 1.29 is 13.5 Å². The number of rotatable bonds is 4. The van der Waals surface area contributed by atoms with Crippen LogP contribution in [0.3, 0.4) is 0 Å².